The van der Waals surface area contributed by atoms with E-state index in [-0.39, 0.29) is 0 Å². The minimum Gasteiger partial charge on any atom is -0.489 e. The van der Waals surface area contributed by atoms with Crippen LogP contribution in [0.1, 0.15) is 26.7 Å². The van der Waals surface area contributed by atoms with Crippen LogP contribution in [0.25, 0.3) is 0 Å². The largest absolute Gasteiger partial charge is 0.489 e. The maximum absolute atomic E-state index is 5.80. The summed E-state index contributed by atoms with van der Waals surface area (Å²) in [6.07, 6.45) is 3.25. The van der Waals surface area contributed by atoms with Crippen LogP contribution in [0, 0.1) is 0 Å². The molecule has 0 spiro atoms. The predicted octanol–water partition coefficient (Wildman–Crippen LogP) is 3.15. The fourth-order valence-corrected chi connectivity index (χ4v) is 2.95. The van der Waals surface area contributed by atoms with Gasteiger partial charge < -0.3 is 24.0 Å². The zero-order valence-corrected chi connectivity index (χ0v) is 17.3. The minimum absolute atomic E-state index is 0.382. The Morgan fingerprint density at radius 3 is 1.85 bits per heavy atom. The Hall–Kier alpha value is -1.14. The van der Waals surface area contributed by atoms with Crippen LogP contribution in [-0.2, 0) is 9.47 Å². The first-order chi connectivity index (χ1) is 12.6. The van der Waals surface area contributed by atoms with Crippen LogP contribution >= 0.6 is 0 Å². The number of rotatable bonds is 5. The summed E-state index contributed by atoms with van der Waals surface area (Å²) in [5.74, 6) is 0.989. The second-order valence-corrected chi connectivity index (χ2v) is 6.81. The Balaban J connectivity index is 0.000000227. The van der Waals surface area contributed by atoms with Gasteiger partial charge in [0.15, 0.2) is 0 Å². The highest BCUT2D eigenvalue weighted by molar-refractivity contribution is 5.21. The molecule has 5 heteroatoms. The van der Waals surface area contributed by atoms with Gasteiger partial charge in [0.25, 0.3) is 0 Å². The zero-order chi connectivity index (χ0) is 19.2. The van der Waals surface area contributed by atoms with Crippen molar-refractivity contribution in [2.75, 3.05) is 60.6 Å². The Kier molecular flexibility index (Phi) is 12.3. The van der Waals surface area contributed by atoms with Crippen molar-refractivity contribution in [3.8, 4) is 5.75 Å². The number of likely N-dealkylation sites (tertiary alicyclic amines) is 2. The molecule has 26 heavy (non-hydrogen) atoms. The van der Waals surface area contributed by atoms with E-state index in [2.05, 4.69) is 35.6 Å². The van der Waals surface area contributed by atoms with Crippen molar-refractivity contribution < 1.29 is 14.2 Å². The Morgan fingerprint density at radius 1 is 0.885 bits per heavy atom. The van der Waals surface area contributed by atoms with Crippen molar-refractivity contribution in [1.82, 2.24) is 9.80 Å². The molecule has 3 rings (SSSR count). The summed E-state index contributed by atoms with van der Waals surface area (Å²) >= 11 is 0. The average Bonchev–Trinajstić information content (AvgIpc) is 3.25. The van der Waals surface area contributed by atoms with Gasteiger partial charge in [-0.2, -0.15) is 0 Å². The highest BCUT2D eigenvalue weighted by Crippen LogP contribution is 2.16. The van der Waals surface area contributed by atoms with Gasteiger partial charge >= 0.3 is 0 Å². The number of nitrogens with zero attached hydrogens (tertiary/aromatic N) is 2. The molecule has 0 amide bonds. The molecule has 0 radical (unpaired) electrons. The lowest BCUT2D eigenvalue weighted by Gasteiger charge is -2.13. The van der Waals surface area contributed by atoms with E-state index in [9.17, 15) is 0 Å². The maximum atomic E-state index is 5.80. The van der Waals surface area contributed by atoms with Gasteiger partial charge in [0.05, 0.1) is 6.10 Å². The topological polar surface area (TPSA) is 34.2 Å². The molecule has 1 aromatic carbocycles. The van der Waals surface area contributed by atoms with Crippen LogP contribution in [-0.4, -0.2) is 82.6 Å². The summed E-state index contributed by atoms with van der Waals surface area (Å²) in [5.41, 5.74) is 0. The molecule has 0 aliphatic carbocycles. The smallest absolute Gasteiger partial charge is 0.119 e. The normalized spacial score (nSPS) is 23.0. The number of para-hydroxylation sites is 1. The Bertz CT molecular complexity index is 440. The SMILES string of the molecule is CCOC.CCOC1CCN(C)C1.CN1CCC(Oc2ccccc2)C1. The van der Waals surface area contributed by atoms with Crippen LogP contribution in [0.2, 0.25) is 0 Å². The number of hydrogen-bond donors (Lipinski definition) is 0. The number of likely N-dealkylation sites (N-methyl/N-ethyl adjacent to an activating group) is 2. The van der Waals surface area contributed by atoms with E-state index >= 15 is 0 Å². The monoisotopic (exact) mass is 366 g/mol. The Morgan fingerprint density at radius 2 is 1.42 bits per heavy atom. The van der Waals surface area contributed by atoms with E-state index in [1.54, 1.807) is 7.11 Å². The first kappa shape index (κ1) is 22.9. The fraction of sp³-hybridized carbons (Fsp3) is 0.714. The molecular formula is C21H38N2O3. The molecule has 0 saturated carbocycles. The van der Waals surface area contributed by atoms with Gasteiger partial charge in [0.2, 0.25) is 0 Å². The van der Waals surface area contributed by atoms with Gasteiger partial charge in [-0.1, -0.05) is 18.2 Å². The average molecular weight is 367 g/mol. The molecule has 2 atom stereocenters. The molecule has 0 bridgehead atoms. The van der Waals surface area contributed by atoms with Crippen LogP contribution in [0.3, 0.4) is 0 Å². The van der Waals surface area contributed by atoms with Crippen LogP contribution in [0.5, 0.6) is 5.75 Å². The zero-order valence-electron chi connectivity index (χ0n) is 17.3. The van der Waals surface area contributed by atoms with Crippen LogP contribution in [0.4, 0.5) is 0 Å². The van der Waals surface area contributed by atoms with Crippen molar-refractivity contribution in [3.63, 3.8) is 0 Å². The molecule has 2 aliphatic heterocycles. The molecular weight excluding hydrogens is 328 g/mol. The minimum atomic E-state index is 0.382. The highest BCUT2D eigenvalue weighted by atomic mass is 16.5. The van der Waals surface area contributed by atoms with Gasteiger partial charge in [-0.05, 0) is 52.9 Å². The first-order valence-corrected chi connectivity index (χ1v) is 9.78. The van der Waals surface area contributed by atoms with Gasteiger partial charge in [-0.15, -0.1) is 0 Å². The molecule has 2 unspecified atom stereocenters. The molecule has 0 aromatic heterocycles. The highest BCUT2D eigenvalue weighted by Gasteiger charge is 2.20. The molecule has 1 aromatic rings. The number of benzene rings is 1. The third-order valence-electron chi connectivity index (χ3n) is 4.43. The summed E-state index contributed by atoms with van der Waals surface area (Å²) in [6.45, 7) is 10.2. The Labute approximate surface area is 160 Å². The molecule has 2 saturated heterocycles. The standard InChI is InChI=1S/C11H15NO.C7H15NO.C3H8O/c1-12-8-7-11(9-12)13-10-5-3-2-4-6-10;1-3-9-7-4-5-8(2)6-7;1-3-4-2/h2-6,11H,7-9H2,1H3;7H,3-6H2,1-2H3;3H2,1-2H3. The van der Waals surface area contributed by atoms with Gasteiger partial charge in [-0.3, -0.25) is 0 Å². The van der Waals surface area contributed by atoms with E-state index < -0.39 is 0 Å². The van der Waals surface area contributed by atoms with Gasteiger partial charge in [-0.25, -0.2) is 0 Å². The lowest BCUT2D eigenvalue weighted by Crippen LogP contribution is -2.21. The van der Waals surface area contributed by atoms with Crippen LogP contribution < -0.4 is 4.74 Å². The lowest BCUT2D eigenvalue weighted by atomic mass is 10.3. The maximum Gasteiger partial charge on any atom is 0.119 e. The van der Waals surface area contributed by atoms with Gasteiger partial charge in [0, 0.05) is 46.5 Å². The van der Waals surface area contributed by atoms with Crippen molar-refractivity contribution in [3.05, 3.63) is 30.3 Å². The van der Waals surface area contributed by atoms with E-state index in [1.807, 2.05) is 37.3 Å². The van der Waals surface area contributed by atoms with E-state index in [4.69, 9.17) is 9.47 Å². The summed E-state index contributed by atoms with van der Waals surface area (Å²) in [7, 11) is 5.95. The molecule has 0 N–H and O–H groups in total. The summed E-state index contributed by atoms with van der Waals surface area (Å²) < 4.78 is 15.8. The van der Waals surface area contributed by atoms with Gasteiger partial charge in [0.1, 0.15) is 11.9 Å². The molecule has 2 heterocycles. The number of hydrogen-bond acceptors (Lipinski definition) is 5. The molecule has 5 nitrogen and oxygen atoms in total. The third-order valence-corrected chi connectivity index (χ3v) is 4.43. The first-order valence-electron chi connectivity index (χ1n) is 9.78. The molecule has 2 fully saturated rings. The van der Waals surface area contributed by atoms with E-state index in [1.165, 1.54) is 13.0 Å². The summed E-state index contributed by atoms with van der Waals surface area (Å²) in [5, 5.41) is 0. The van der Waals surface area contributed by atoms with Crippen LogP contribution in [0.15, 0.2) is 30.3 Å². The summed E-state index contributed by atoms with van der Waals surface area (Å²) in [4.78, 5) is 4.61. The molecule has 2 aliphatic rings. The van der Waals surface area contributed by atoms with Crippen molar-refractivity contribution in [1.29, 1.82) is 0 Å². The van der Waals surface area contributed by atoms with Crippen molar-refractivity contribution in [2.24, 2.45) is 0 Å². The van der Waals surface area contributed by atoms with Crippen molar-refractivity contribution >= 4 is 0 Å². The quantitative estimate of drug-likeness (QED) is 0.800. The van der Waals surface area contributed by atoms with E-state index in [0.717, 1.165) is 45.0 Å². The molecule has 150 valence electrons. The second kappa shape index (κ2) is 14.0. The number of methoxy groups -OCH3 is 1. The predicted molar refractivity (Wildman–Crippen MR) is 108 cm³/mol. The lowest BCUT2D eigenvalue weighted by molar-refractivity contribution is 0.0709. The van der Waals surface area contributed by atoms with E-state index in [0.29, 0.717) is 12.2 Å². The summed E-state index contributed by atoms with van der Waals surface area (Å²) in [6, 6.07) is 10.0. The van der Waals surface area contributed by atoms with Crippen molar-refractivity contribution in [2.45, 2.75) is 38.9 Å². The second-order valence-electron chi connectivity index (χ2n) is 6.81. The fourth-order valence-electron chi connectivity index (χ4n) is 2.95. The third kappa shape index (κ3) is 10.1. The number of ether oxygens (including phenoxy) is 3.